The van der Waals surface area contributed by atoms with Crippen molar-refractivity contribution < 1.29 is 23.3 Å². The van der Waals surface area contributed by atoms with Crippen LogP contribution in [-0.2, 0) is 0 Å². The zero-order valence-electron chi connectivity index (χ0n) is 46.0. The average Bonchev–Trinajstić information content (AvgIpc) is 3.39. The molecule has 10 rings (SSSR count). The number of anilines is 3. The number of nitrogens with zero attached hydrogens (tertiary/aromatic N) is 1. The van der Waals surface area contributed by atoms with E-state index in [9.17, 15) is 16.4 Å². The van der Waals surface area contributed by atoms with Crippen LogP contribution in [0.15, 0.2) is 224 Å². The summed E-state index contributed by atoms with van der Waals surface area (Å²) in [7, 11) is 0. The minimum atomic E-state index is -0.982. The van der Waals surface area contributed by atoms with E-state index in [1.165, 1.54) is 0 Å². The van der Waals surface area contributed by atoms with Gasteiger partial charge >= 0.3 is 0 Å². The van der Waals surface area contributed by atoms with Gasteiger partial charge in [-0.2, -0.15) is 0 Å². The number of fused-ring (bicyclic) bond motifs is 4. The van der Waals surface area contributed by atoms with Crippen molar-refractivity contribution in [1.29, 1.82) is 0 Å². The molecule has 0 spiro atoms. The summed E-state index contributed by atoms with van der Waals surface area (Å²) in [4.78, 5) is 0.681. The number of hydrogen-bond donors (Lipinski definition) is 0. The van der Waals surface area contributed by atoms with E-state index in [1.807, 2.05) is 91.0 Å². The monoisotopic (exact) mass is 716 g/mol. The molecule has 0 saturated heterocycles. The third-order valence-electron chi connectivity index (χ3n) is 9.54. The Kier molecular flexibility index (Phi) is 4.88. The van der Waals surface area contributed by atoms with Gasteiger partial charge in [0.15, 0.2) is 0 Å². The maximum Gasteiger partial charge on any atom is 0.0645 e. The van der Waals surface area contributed by atoms with Gasteiger partial charge in [0.2, 0.25) is 0 Å². The average molecular weight is 717 g/mol. The van der Waals surface area contributed by atoms with Crippen molar-refractivity contribution in [1.82, 2.24) is 0 Å². The lowest BCUT2D eigenvalue weighted by Gasteiger charge is -2.26. The molecule has 0 aromatic heterocycles. The van der Waals surface area contributed by atoms with Crippen molar-refractivity contribution in [2.24, 2.45) is 0 Å². The molecule has 0 heterocycles. The van der Waals surface area contributed by atoms with E-state index in [2.05, 4.69) is 0 Å². The first-order valence-electron chi connectivity index (χ1n) is 26.0. The molecule has 0 aliphatic carbocycles. The molecule has 0 radical (unpaired) electrons. The highest BCUT2D eigenvalue weighted by molar-refractivity contribution is 6.08. The molecule has 0 aliphatic rings. The molecule has 0 saturated carbocycles. The van der Waals surface area contributed by atoms with Gasteiger partial charge in [-0.05, 0) is 125 Å². The molecule has 1 nitrogen and oxygen atoms in total. The van der Waals surface area contributed by atoms with Gasteiger partial charge in [0.1, 0.15) is 0 Å². The first-order valence-corrected chi connectivity index (χ1v) is 17.5. The number of rotatable bonds is 7. The molecule has 1 heteroatoms. The fourth-order valence-corrected chi connectivity index (χ4v) is 6.87. The second kappa shape index (κ2) is 14.0. The largest absolute Gasteiger partial charge is 0.311 e. The predicted molar refractivity (Wildman–Crippen MR) is 235 cm³/mol. The van der Waals surface area contributed by atoms with Crippen molar-refractivity contribution >= 4 is 49.4 Å². The van der Waals surface area contributed by atoms with E-state index in [0.29, 0.717) is 21.6 Å². The van der Waals surface area contributed by atoms with Gasteiger partial charge < -0.3 is 4.90 Å². The van der Waals surface area contributed by atoms with Crippen LogP contribution in [0.4, 0.5) is 17.1 Å². The summed E-state index contributed by atoms with van der Waals surface area (Å²) in [6, 6.07) is 23.7. The Balaban J connectivity index is 1.24. The summed E-state index contributed by atoms with van der Waals surface area (Å²) in [5.41, 5.74) is -1.77. The topological polar surface area (TPSA) is 3.24 Å². The Bertz CT molecular complexity index is 3860. The quantitative estimate of drug-likeness (QED) is 0.148. The van der Waals surface area contributed by atoms with Gasteiger partial charge in [-0.3, -0.25) is 0 Å². The Morgan fingerprint density at radius 1 is 0.291 bits per heavy atom. The Morgan fingerprint density at radius 3 is 1.44 bits per heavy atom. The number of benzene rings is 10. The summed E-state index contributed by atoms with van der Waals surface area (Å²) < 4.78 is 156. The van der Waals surface area contributed by atoms with Gasteiger partial charge in [-0.1, -0.05) is 176 Å². The molecule has 0 unspecified atom stereocenters. The summed E-state index contributed by atoms with van der Waals surface area (Å²) in [5, 5.41) is 5.45. The Hall–Kier alpha value is -7.22. The minimum absolute atomic E-state index is 0.138. The summed E-state index contributed by atoms with van der Waals surface area (Å²) >= 11 is 0. The first kappa shape index (κ1) is 19.2. The third-order valence-corrected chi connectivity index (χ3v) is 9.54. The van der Waals surface area contributed by atoms with E-state index in [1.54, 1.807) is 30.3 Å². The maximum absolute atomic E-state index is 9.61. The SMILES string of the molecule is [2H]c1c([2H])c([2H])c(-c2c([2H])c([2H])c(N(c3c([2H])c([2H])c(-c4cccc(-c5cccc6ccccc56)c4)c([2H])c3[2H])c3c([2H])c([2H])c(-c4ccc5c(ccc6ccccc65)c4)c([2H])c3[2H])c([2H])c2[2H])c([2H])c1[2H]. The highest BCUT2D eigenvalue weighted by Gasteiger charge is 2.15. The Morgan fingerprint density at radius 2 is 0.764 bits per heavy atom. The highest BCUT2D eigenvalue weighted by atomic mass is 15.1. The van der Waals surface area contributed by atoms with Gasteiger partial charge in [-0.25, -0.2) is 0 Å². The normalized spacial score (nSPS) is 15.6. The van der Waals surface area contributed by atoms with Crippen LogP contribution < -0.4 is 4.90 Å². The van der Waals surface area contributed by atoms with Gasteiger partial charge in [0, 0.05) is 17.1 Å². The highest BCUT2D eigenvalue weighted by Crippen LogP contribution is 2.39. The van der Waals surface area contributed by atoms with E-state index in [-0.39, 0.29) is 11.1 Å². The van der Waals surface area contributed by atoms with E-state index < -0.39 is 131 Å². The van der Waals surface area contributed by atoms with Crippen LogP contribution in [0.3, 0.4) is 0 Å². The van der Waals surface area contributed by atoms with Crippen LogP contribution in [-0.4, -0.2) is 0 Å². The van der Waals surface area contributed by atoms with Gasteiger partial charge in [0.25, 0.3) is 0 Å². The van der Waals surface area contributed by atoms with Crippen LogP contribution in [0.2, 0.25) is 0 Å². The summed E-state index contributed by atoms with van der Waals surface area (Å²) in [6.45, 7) is 0. The molecule has 0 aliphatic heterocycles. The number of hydrogen-bond acceptors (Lipinski definition) is 1. The van der Waals surface area contributed by atoms with Crippen LogP contribution in [0, 0.1) is 0 Å². The van der Waals surface area contributed by atoms with E-state index >= 15 is 0 Å². The van der Waals surface area contributed by atoms with Crippen molar-refractivity contribution in [3.05, 3.63) is 224 Å². The smallest absolute Gasteiger partial charge is 0.0645 e. The lowest BCUT2D eigenvalue weighted by Crippen LogP contribution is -2.09. The van der Waals surface area contributed by atoms with Crippen molar-refractivity contribution in [3.8, 4) is 44.5 Å². The molecule has 258 valence electrons. The molecule has 10 aromatic rings. The van der Waals surface area contributed by atoms with Gasteiger partial charge in [-0.15, -0.1) is 0 Å². The van der Waals surface area contributed by atoms with Crippen LogP contribution in [0.5, 0.6) is 0 Å². The molecule has 0 atom stereocenters. The zero-order chi connectivity index (χ0) is 51.3. The fourth-order valence-electron chi connectivity index (χ4n) is 6.87. The second-order valence-electron chi connectivity index (χ2n) is 12.8. The second-order valence-corrected chi connectivity index (χ2v) is 12.8. The lowest BCUT2D eigenvalue weighted by atomic mass is 9.95. The van der Waals surface area contributed by atoms with Gasteiger partial charge in [0.05, 0.1) is 23.3 Å². The Labute approximate surface area is 345 Å². The standard InChI is InChI=1S/C54H37N/c1-2-10-38(11-3-1)39-22-29-48(30-23-39)55(50-33-26-41(27-34-50)45-28-35-54-47(37-45)21-20-43-13-5-7-18-52(43)54)49-31-24-40(25-32-49)44-15-8-16-46(36-44)53-19-9-14-42-12-4-6-17-51(42)53/h1-37H/i1D,2D,3D,10D,11D,22D,23D,24D,25D,26D,27D,29D,30D,31D,32D,33D,34D. The van der Waals surface area contributed by atoms with Crippen molar-refractivity contribution in [3.63, 3.8) is 0 Å². The lowest BCUT2D eigenvalue weighted by molar-refractivity contribution is 1.28. The van der Waals surface area contributed by atoms with Crippen LogP contribution in [0.1, 0.15) is 23.3 Å². The van der Waals surface area contributed by atoms with Crippen molar-refractivity contribution in [2.75, 3.05) is 4.90 Å². The minimum Gasteiger partial charge on any atom is -0.311 e. The molecule has 10 aromatic carbocycles. The molecule has 0 bridgehead atoms. The molecular formula is C54H37N. The molecular weight excluding hydrogens is 663 g/mol. The fraction of sp³-hybridized carbons (Fsp3) is 0. The van der Waals surface area contributed by atoms with E-state index in [4.69, 9.17) is 6.85 Å². The van der Waals surface area contributed by atoms with Crippen LogP contribution in [0.25, 0.3) is 76.8 Å². The zero-order valence-corrected chi connectivity index (χ0v) is 29.0. The van der Waals surface area contributed by atoms with E-state index in [0.717, 1.165) is 37.9 Å². The molecule has 55 heavy (non-hydrogen) atoms. The first-order chi connectivity index (χ1) is 34.3. The predicted octanol–water partition coefficient (Wildman–Crippen LogP) is 15.3. The summed E-state index contributed by atoms with van der Waals surface area (Å²) in [5.74, 6) is 0. The van der Waals surface area contributed by atoms with Crippen LogP contribution >= 0.6 is 0 Å². The molecule has 0 fully saturated rings. The van der Waals surface area contributed by atoms with Crippen molar-refractivity contribution in [2.45, 2.75) is 0 Å². The molecule has 0 amide bonds. The molecule has 0 N–H and O–H groups in total. The summed E-state index contributed by atoms with van der Waals surface area (Å²) in [6.07, 6.45) is 0. The maximum atomic E-state index is 9.61. The third kappa shape index (κ3) is 6.22.